The smallest absolute Gasteiger partial charge is 0.294 e. The summed E-state index contributed by atoms with van der Waals surface area (Å²) in [5, 5.41) is 1.01. The Morgan fingerprint density at radius 2 is 2.06 bits per heavy atom. The van der Waals surface area contributed by atoms with E-state index in [1.54, 1.807) is 18.5 Å². The molecule has 5 rings (SSSR count). The Balaban J connectivity index is 1.43. The molecule has 2 aromatic heterocycles. The number of aryl methyl sites for hydroxylation is 2. The number of imidazole rings is 1. The van der Waals surface area contributed by atoms with Crippen LogP contribution in [0.5, 0.6) is 11.5 Å². The summed E-state index contributed by atoms with van der Waals surface area (Å²) in [7, 11) is 0. The van der Waals surface area contributed by atoms with Gasteiger partial charge in [0, 0.05) is 20.8 Å². The molecule has 0 unspecified atom stereocenters. The first-order chi connectivity index (χ1) is 15.0. The Morgan fingerprint density at radius 3 is 2.87 bits per heavy atom. The molecule has 4 aromatic rings. The highest BCUT2D eigenvalue weighted by Crippen LogP contribution is 2.42. The summed E-state index contributed by atoms with van der Waals surface area (Å²) in [6, 6.07) is 8.43. The number of aromatic amines is 1. The van der Waals surface area contributed by atoms with Crippen molar-refractivity contribution in [2.45, 2.75) is 23.0 Å². The van der Waals surface area contributed by atoms with E-state index in [1.165, 1.54) is 17.8 Å². The van der Waals surface area contributed by atoms with Gasteiger partial charge in [-0.2, -0.15) is 0 Å². The summed E-state index contributed by atoms with van der Waals surface area (Å²) in [4.78, 5) is 13.1. The molecular weight excluding hydrogens is 509 g/mol. The highest BCUT2D eigenvalue weighted by Gasteiger charge is 2.22. The predicted molar refractivity (Wildman–Crippen MR) is 118 cm³/mol. The highest BCUT2D eigenvalue weighted by atomic mass is 79.9. The Kier molecular flexibility index (Phi) is 5.37. The fourth-order valence-electron chi connectivity index (χ4n) is 3.24. The second kappa shape index (κ2) is 8.18. The summed E-state index contributed by atoms with van der Waals surface area (Å²) in [5.41, 5.74) is 7.89. The average Bonchev–Trinajstić information content (AvgIpc) is 3.36. The second-order valence-electron chi connectivity index (χ2n) is 6.79. The van der Waals surface area contributed by atoms with Crippen LogP contribution in [-0.2, 0) is 13.0 Å². The molecule has 0 saturated heterocycles. The second-order valence-corrected chi connectivity index (χ2v) is 9.11. The molecule has 0 saturated carbocycles. The molecule has 0 radical (unpaired) electrons. The van der Waals surface area contributed by atoms with Gasteiger partial charge in [0.15, 0.2) is 17.0 Å². The molecule has 7 nitrogen and oxygen atoms in total. The fourth-order valence-corrected chi connectivity index (χ4v) is 4.78. The van der Waals surface area contributed by atoms with Crippen LogP contribution < -0.4 is 19.8 Å². The van der Waals surface area contributed by atoms with Gasteiger partial charge in [-0.3, -0.25) is 0 Å². The Hall–Kier alpha value is -2.56. The lowest BCUT2D eigenvalue weighted by molar-refractivity contribution is -0.675. The summed E-state index contributed by atoms with van der Waals surface area (Å²) >= 11 is 10.8. The SMILES string of the molecule is Nc1nc[n+](CCc2ccc(Cl)cc2F)c2nc(Sc3cc4c(cc3Br)OCO4)[nH]c12. The molecule has 31 heavy (non-hydrogen) atoms. The van der Waals surface area contributed by atoms with E-state index in [0.717, 1.165) is 9.37 Å². The number of anilines is 1. The monoisotopic (exact) mass is 522 g/mol. The minimum Gasteiger partial charge on any atom is -0.454 e. The number of nitrogens with two attached hydrogens (primary N) is 1. The number of nitrogens with zero attached hydrogens (tertiary/aromatic N) is 3. The van der Waals surface area contributed by atoms with Crippen LogP contribution in [0.1, 0.15) is 5.56 Å². The first-order valence-corrected chi connectivity index (χ1v) is 11.2. The number of hydrogen-bond donors (Lipinski definition) is 2. The highest BCUT2D eigenvalue weighted by molar-refractivity contribution is 9.10. The summed E-state index contributed by atoms with van der Waals surface area (Å²) in [5.74, 6) is 1.39. The zero-order valence-corrected chi connectivity index (χ0v) is 19.0. The minimum absolute atomic E-state index is 0.205. The molecule has 0 spiro atoms. The first kappa shape index (κ1) is 20.3. The lowest BCUT2D eigenvalue weighted by Crippen LogP contribution is -2.36. The third-order valence-electron chi connectivity index (χ3n) is 4.80. The quantitative estimate of drug-likeness (QED) is 0.374. The number of nitrogens with one attached hydrogen (secondary N) is 1. The molecule has 0 bridgehead atoms. The Morgan fingerprint density at radius 1 is 1.26 bits per heavy atom. The van der Waals surface area contributed by atoms with Crippen molar-refractivity contribution in [3.05, 3.63) is 57.5 Å². The van der Waals surface area contributed by atoms with E-state index in [9.17, 15) is 4.39 Å². The van der Waals surface area contributed by atoms with Crippen LogP contribution in [0, 0.1) is 5.82 Å². The van der Waals surface area contributed by atoms with Gasteiger partial charge in [-0.15, -0.1) is 0 Å². The average molecular weight is 524 g/mol. The summed E-state index contributed by atoms with van der Waals surface area (Å²) in [6.45, 7) is 0.682. The molecule has 0 amide bonds. The van der Waals surface area contributed by atoms with Crippen LogP contribution in [0.3, 0.4) is 0 Å². The lowest BCUT2D eigenvalue weighted by atomic mass is 10.1. The molecule has 0 fully saturated rings. The number of rotatable bonds is 5. The van der Waals surface area contributed by atoms with Gasteiger partial charge in [0.25, 0.3) is 5.65 Å². The van der Waals surface area contributed by atoms with E-state index < -0.39 is 0 Å². The van der Waals surface area contributed by atoms with Crippen LogP contribution in [0.2, 0.25) is 5.02 Å². The van der Waals surface area contributed by atoms with Gasteiger partial charge in [0.05, 0.1) is 6.54 Å². The maximum atomic E-state index is 14.1. The van der Waals surface area contributed by atoms with Crippen molar-refractivity contribution in [3.63, 3.8) is 0 Å². The van der Waals surface area contributed by atoms with Gasteiger partial charge >= 0.3 is 0 Å². The van der Waals surface area contributed by atoms with Gasteiger partial charge in [-0.1, -0.05) is 27.6 Å². The standard InChI is InChI=1S/C20H14BrClFN5O2S/c21-12-6-14-15(30-9-29-14)7-16(12)31-20-26-17-18(24)25-8-28(19(17)27-20)4-3-10-1-2-11(22)5-13(10)23/h1-2,5-8H,3-4,9H2,(H2,24,26,27)/p+1. The Bertz CT molecular complexity index is 1320. The van der Waals surface area contributed by atoms with Crippen LogP contribution in [0.15, 0.2) is 51.2 Å². The lowest BCUT2D eigenvalue weighted by Gasteiger charge is -2.04. The zero-order valence-electron chi connectivity index (χ0n) is 15.9. The van der Waals surface area contributed by atoms with Gasteiger partial charge in [-0.05, 0) is 57.5 Å². The minimum atomic E-state index is -0.335. The largest absolute Gasteiger partial charge is 0.454 e. The van der Waals surface area contributed by atoms with E-state index in [-0.39, 0.29) is 12.6 Å². The number of hydrogen-bond acceptors (Lipinski definition) is 6. The molecule has 2 aromatic carbocycles. The maximum absolute atomic E-state index is 14.1. The van der Waals surface area contributed by atoms with Crippen molar-refractivity contribution in [2.75, 3.05) is 12.5 Å². The summed E-state index contributed by atoms with van der Waals surface area (Å²) in [6.07, 6.45) is 2.06. The van der Waals surface area contributed by atoms with Gasteiger partial charge in [-0.25, -0.2) is 8.96 Å². The van der Waals surface area contributed by atoms with Crippen molar-refractivity contribution < 1.29 is 18.4 Å². The molecule has 11 heteroatoms. The molecule has 3 N–H and O–H groups in total. The molecule has 1 aliphatic rings. The third kappa shape index (κ3) is 4.02. The van der Waals surface area contributed by atoms with E-state index in [1.807, 2.05) is 16.7 Å². The van der Waals surface area contributed by atoms with Crippen molar-refractivity contribution in [3.8, 4) is 11.5 Å². The van der Waals surface area contributed by atoms with E-state index in [2.05, 4.69) is 25.9 Å². The zero-order chi connectivity index (χ0) is 21.5. The molecule has 158 valence electrons. The van der Waals surface area contributed by atoms with E-state index in [0.29, 0.717) is 57.2 Å². The third-order valence-corrected chi connectivity index (χ3v) is 6.90. The number of nitrogen functional groups attached to an aromatic ring is 1. The first-order valence-electron chi connectivity index (χ1n) is 9.22. The van der Waals surface area contributed by atoms with Gasteiger partial charge in [0.2, 0.25) is 24.1 Å². The van der Waals surface area contributed by atoms with Crippen LogP contribution >= 0.6 is 39.3 Å². The number of halogens is 3. The fraction of sp³-hybridized carbons (Fsp3) is 0.150. The normalized spacial score (nSPS) is 12.6. The summed E-state index contributed by atoms with van der Waals surface area (Å²) < 4.78 is 27.7. The molecule has 0 aliphatic carbocycles. The van der Waals surface area contributed by atoms with Crippen LogP contribution in [0.25, 0.3) is 11.2 Å². The van der Waals surface area contributed by atoms with Gasteiger partial charge < -0.3 is 20.2 Å². The molecule has 3 heterocycles. The predicted octanol–water partition coefficient (Wildman–Crippen LogP) is 4.51. The molecular formula is C20H15BrClFN5O2S+. The number of benzene rings is 2. The van der Waals surface area contributed by atoms with E-state index in [4.69, 9.17) is 31.8 Å². The van der Waals surface area contributed by atoms with E-state index >= 15 is 0 Å². The maximum Gasteiger partial charge on any atom is 0.294 e. The van der Waals surface area contributed by atoms with Crippen LogP contribution in [-0.4, -0.2) is 21.7 Å². The molecule has 0 atom stereocenters. The van der Waals surface area contributed by atoms with Crippen LogP contribution in [0.4, 0.5) is 10.2 Å². The van der Waals surface area contributed by atoms with Gasteiger partial charge in [0.1, 0.15) is 5.82 Å². The number of fused-ring (bicyclic) bond motifs is 2. The van der Waals surface area contributed by atoms with Crippen molar-refractivity contribution in [1.82, 2.24) is 15.0 Å². The Labute approximate surface area is 193 Å². The number of ether oxygens (including phenoxy) is 2. The topological polar surface area (TPSA) is 89.9 Å². The molecule has 1 aliphatic heterocycles. The number of aromatic nitrogens is 4. The van der Waals surface area contributed by atoms with Crippen molar-refractivity contribution >= 4 is 56.3 Å². The number of H-pyrrole nitrogens is 1. The van der Waals surface area contributed by atoms with Crippen molar-refractivity contribution in [2.24, 2.45) is 0 Å². The van der Waals surface area contributed by atoms with Crippen molar-refractivity contribution in [1.29, 1.82) is 0 Å².